The first-order chi connectivity index (χ1) is 4.20. The predicted octanol–water partition coefficient (Wildman–Crippen LogP) is 1.37. The maximum absolute atomic E-state index is 10.7. The SMILES string of the molecule is [O-][n+]1cc(Br)ccc1S. The lowest BCUT2D eigenvalue weighted by Crippen LogP contribution is -2.26. The van der Waals surface area contributed by atoms with E-state index >= 15 is 0 Å². The molecular weight excluding hydrogens is 202 g/mol. The van der Waals surface area contributed by atoms with Crippen LogP contribution in [0, 0.1) is 5.21 Å². The average Bonchev–Trinajstić information content (AvgIpc) is 1.80. The molecule has 0 aliphatic carbocycles. The summed E-state index contributed by atoms with van der Waals surface area (Å²) in [4.78, 5) is 0. The van der Waals surface area contributed by atoms with Crippen LogP contribution in [0.4, 0.5) is 0 Å². The number of aromatic nitrogens is 1. The third-order valence-electron chi connectivity index (χ3n) is 0.858. The number of hydrogen-bond donors (Lipinski definition) is 1. The molecule has 0 N–H and O–H groups in total. The van der Waals surface area contributed by atoms with Crippen molar-refractivity contribution < 1.29 is 4.73 Å². The molecule has 1 heterocycles. The Morgan fingerprint density at radius 3 is 2.67 bits per heavy atom. The summed E-state index contributed by atoms with van der Waals surface area (Å²) in [6.07, 6.45) is 1.41. The van der Waals surface area contributed by atoms with Crippen LogP contribution in [-0.4, -0.2) is 0 Å². The summed E-state index contributed by atoms with van der Waals surface area (Å²) in [5.74, 6) is 0. The van der Waals surface area contributed by atoms with Crippen molar-refractivity contribution in [2.75, 3.05) is 0 Å². The summed E-state index contributed by atoms with van der Waals surface area (Å²) in [6.45, 7) is 0. The molecule has 0 bridgehead atoms. The summed E-state index contributed by atoms with van der Waals surface area (Å²) >= 11 is 7.02. The standard InChI is InChI=1S/C5H4BrNOS/c6-4-1-2-5(9)7(8)3-4/h1-3,9H. The molecule has 1 aromatic rings. The molecule has 0 radical (unpaired) electrons. The zero-order valence-electron chi connectivity index (χ0n) is 4.41. The molecule has 9 heavy (non-hydrogen) atoms. The summed E-state index contributed by atoms with van der Waals surface area (Å²) in [6, 6.07) is 3.39. The Balaban J connectivity index is 3.17. The van der Waals surface area contributed by atoms with Gasteiger partial charge in [-0.2, -0.15) is 4.73 Å². The molecule has 0 unspecified atom stereocenters. The highest BCUT2D eigenvalue weighted by Gasteiger charge is 1.97. The average molecular weight is 206 g/mol. The molecule has 0 saturated carbocycles. The fourth-order valence-corrected chi connectivity index (χ4v) is 0.899. The van der Waals surface area contributed by atoms with E-state index in [4.69, 9.17) is 0 Å². The van der Waals surface area contributed by atoms with Gasteiger partial charge in [-0.15, -0.1) is 0 Å². The number of nitrogens with zero attached hydrogens (tertiary/aromatic N) is 1. The van der Waals surface area contributed by atoms with E-state index in [1.165, 1.54) is 6.20 Å². The highest BCUT2D eigenvalue weighted by molar-refractivity contribution is 9.10. The summed E-state index contributed by atoms with van der Waals surface area (Å²) in [7, 11) is 0. The van der Waals surface area contributed by atoms with E-state index in [1.54, 1.807) is 12.1 Å². The number of rotatable bonds is 0. The number of thiol groups is 1. The van der Waals surface area contributed by atoms with Gasteiger partial charge in [-0.25, -0.2) is 0 Å². The number of hydrogen-bond acceptors (Lipinski definition) is 2. The zero-order chi connectivity index (χ0) is 6.85. The van der Waals surface area contributed by atoms with Crippen LogP contribution in [0.1, 0.15) is 0 Å². The van der Waals surface area contributed by atoms with E-state index in [0.717, 1.165) is 4.47 Å². The van der Waals surface area contributed by atoms with Crippen LogP contribution in [0.25, 0.3) is 0 Å². The van der Waals surface area contributed by atoms with E-state index < -0.39 is 0 Å². The van der Waals surface area contributed by atoms with Gasteiger partial charge >= 0.3 is 0 Å². The second kappa shape index (κ2) is 2.58. The molecule has 0 amide bonds. The smallest absolute Gasteiger partial charge is 0.248 e. The van der Waals surface area contributed by atoms with Crippen molar-refractivity contribution in [2.45, 2.75) is 5.03 Å². The van der Waals surface area contributed by atoms with Crippen molar-refractivity contribution >= 4 is 28.6 Å². The van der Waals surface area contributed by atoms with E-state index in [1.807, 2.05) is 0 Å². The first-order valence-corrected chi connectivity index (χ1v) is 3.52. The molecule has 0 aliphatic heterocycles. The Morgan fingerprint density at radius 1 is 1.56 bits per heavy atom. The molecule has 1 rings (SSSR count). The van der Waals surface area contributed by atoms with Crippen molar-refractivity contribution in [3.8, 4) is 0 Å². The highest BCUT2D eigenvalue weighted by atomic mass is 79.9. The lowest BCUT2D eigenvalue weighted by molar-refractivity contribution is -0.645. The fourth-order valence-electron chi connectivity index (χ4n) is 0.449. The lowest BCUT2D eigenvalue weighted by Gasteiger charge is -1.96. The normalized spacial score (nSPS) is 9.56. The first-order valence-electron chi connectivity index (χ1n) is 2.28. The minimum Gasteiger partial charge on any atom is -0.618 e. The van der Waals surface area contributed by atoms with E-state index in [9.17, 15) is 5.21 Å². The van der Waals surface area contributed by atoms with E-state index in [-0.39, 0.29) is 0 Å². The zero-order valence-corrected chi connectivity index (χ0v) is 6.89. The largest absolute Gasteiger partial charge is 0.618 e. The van der Waals surface area contributed by atoms with Crippen molar-refractivity contribution in [1.82, 2.24) is 0 Å². The molecular formula is C5H4BrNOS. The van der Waals surface area contributed by atoms with E-state index in [2.05, 4.69) is 28.6 Å². The van der Waals surface area contributed by atoms with Crippen LogP contribution < -0.4 is 4.73 Å². The molecule has 2 nitrogen and oxygen atoms in total. The second-order valence-corrected chi connectivity index (χ2v) is 2.91. The van der Waals surface area contributed by atoms with Gasteiger partial charge in [0.2, 0.25) is 5.03 Å². The van der Waals surface area contributed by atoms with Gasteiger partial charge in [0.25, 0.3) is 0 Å². The molecule has 0 spiro atoms. The highest BCUT2D eigenvalue weighted by Crippen LogP contribution is 2.07. The fraction of sp³-hybridized carbons (Fsp3) is 0. The maximum atomic E-state index is 10.7. The molecule has 48 valence electrons. The van der Waals surface area contributed by atoms with Gasteiger partial charge in [-0.1, -0.05) is 12.6 Å². The second-order valence-electron chi connectivity index (χ2n) is 1.53. The summed E-state index contributed by atoms with van der Waals surface area (Å²) in [5.41, 5.74) is 0. The van der Waals surface area contributed by atoms with Gasteiger partial charge < -0.3 is 5.21 Å². The Bertz CT molecular complexity index is 228. The third-order valence-corrected chi connectivity index (χ3v) is 1.67. The quantitative estimate of drug-likeness (QED) is 0.387. The van der Waals surface area contributed by atoms with Gasteiger partial charge in [0.1, 0.15) is 0 Å². The van der Waals surface area contributed by atoms with Crippen LogP contribution in [0.2, 0.25) is 0 Å². The van der Waals surface area contributed by atoms with Crippen LogP contribution in [-0.2, 0) is 0 Å². The first kappa shape index (κ1) is 6.89. The van der Waals surface area contributed by atoms with Gasteiger partial charge in [0, 0.05) is 6.07 Å². The molecule has 0 atom stereocenters. The van der Waals surface area contributed by atoms with Crippen molar-refractivity contribution in [3.05, 3.63) is 28.0 Å². The van der Waals surface area contributed by atoms with Crippen molar-refractivity contribution in [2.24, 2.45) is 0 Å². The predicted molar refractivity (Wildman–Crippen MR) is 40.4 cm³/mol. The van der Waals surface area contributed by atoms with Crippen LogP contribution in [0.5, 0.6) is 0 Å². The van der Waals surface area contributed by atoms with Crippen LogP contribution in [0.3, 0.4) is 0 Å². The van der Waals surface area contributed by atoms with Gasteiger partial charge in [-0.3, -0.25) is 0 Å². The lowest BCUT2D eigenvalue weighted by atomic mass is 10.5. The molecule has 0 saturated heterocycles. The monoisotopic (exact) mass is 205 g/mol. The van der Waals surface area contributed by atoms with Gasteiger partial charge in [-0.05, 0) is 22.0 Å². The molecule has 0 aromatic carbocycles. The third kappa shape index (κ3) is 1.59. The Hall–Kier alpha value is -0.220. The molecule has 1 aromatic heterocycles. The van der Waals surface area contributed by atoms with Crippen LogP contribution in [0.15, 0.2) is 27.8 Å². The summed E-state index contributed by atoms with van der Waals surface area (Å²) < 4.78 is 1.45. The minimum atomic E-state index is 0.401. The Morgan fingerprint density at radius 2 is 2.22 bits per heavy atom. The summed E-state index contributed by atoms with van der Waals surface area (Å²) in [5, 5.41) is 11.1. The van der Waals surface area contributed by atoms with Gasteiger partial charge in [0.05, 0.1) is 4.47 Å². The minimum absolute atomic E-state index is 0.401. The van der Waals surface area contributed by atoms with Crippen molar-refractivity contribution in [3.63, 3.8) is 0 Å². The Kier molecular flexibility index (Phi) is 1.97. The molecule has 4 heteroatoms. The Labute approximate surface area is 66.6 Å². The van der Waals surface area contributed by atoms with Gasteiger partial charge in [0.15, 0.2) is 6.20 Å². The number of halogens is 1. The van der Waals surface area contributed by atoms with Crippen molar-refractivity contribution in [1.29, 1.82) is 0 Å². The topological polar surface area (TPSA) is 26.9 Å². The molecule has 0 fully saturated rings. The maximum Gasteiger partial charge on any atom is 0.248 e. The molecule has 0 aliphatic rings. The number of pyridine rings is 1. The van der Waals surface area contributed by atoms with Crippen LogP contribution >= 0.6 is 28.6 Å². The van der Waals surface area contributed by atoms with E-state index in [0.29, 0.717) is 9.76 Å².